The summed E-state index contributed by atoms with van der Waals surface area (Å²) in [4.78, 5) is 4.10. The summed E-state index contributed by atoms with van der Waals surface area (Å²) in [7, 11) is 2.01. The van der Waals surface area contributed by atoms with Crippen molar-refractivity contribution in [3.63, 3.8) is 0 Å². The quantitative estimate of drug-likeness (QED) is 0.401. The summed E-state index contributed by atoms with van der Waals surface area (Å²) >= 11 is 3.38. The Hall–Kier alpha value is -0.793. The van der Waals surface area contributed by atoms with Crippen LogP contribution in [0.25, 0.3) is 0 Å². The van der Waals surface area contributed by atoms with E-state index in [1.807, 2.05) is 0 Å². The van der Waals surface area contributed by atoms with Crippen LogP contribution in [0.15, 0.2) is 10.7 Å². The molecule has 1 rings (SSSR count). The third-order valence-corrected chi connectivity index (χ3v) is 4.86. The summed E-state index contributed by atoms with van der Waals surface area (Å²) in [6.07, 6.45) is 1.61. The summed E-state index contributed by atoms with van der Waals surface area (Å²) < 4.78 is 22.2. The Labute approximate surface area is 129 Å². The fraction of sp³-hybridized carbons (Fsp3) is 0.615. The van der Waals surface area contributed by atoms with Crippen LogP contribution < -0.4 is 14.2 Å². The molecular weight excluding hydrogens is 342 g/mol. The van der Waals surface area contributed by atoms with E-state index in [1.54, 1.807) is 13.3 Å². The van der Waals surface area contributed by atoms with E-state index >= 15 is 0 Å². The third-order valence-electron chi connectivity index (χ3n) is 2.59. The van der Waals surface area contributed by atoms with Crippen LogP contribution in [0.5, 0.6) is 17.4 Å². The summed E-state index contributed by atoms with van der Waals surface area (Å²) in [6, 6.07) is 1.11. The predicted molar refractivity (Wildman–Crippen MR) is 84.6 cm³/mol. The normalized spacial score (nSPS) is 11.3. The van der Waals surface area contributed by atoms with E-state index in [0.717, 1.165) is 6.04 Å². The molecule has 0 unspecified atom stereocenters. The highest BCUT2D eigenvalue weighted by Gasteiger charge is 2.17. The highest BCUT2D eigenvalue weighted by Crippen LogP contribution is 2.40. The molecule has 20 heavy (non-hydrogen) atoms. The average molecular weight is 364 g/mol. The molecule has 0 aromatic carbocycles. The van der Waals surface area contributed by atoms with Gasteiger partial charge in [0.1, 0.15) is 0 Å². The number of ether oxygens (including phenoxy) is 4. The zero-order valence-electron chi connectivity index (χ0n) is 12.7. The van der Waals surface area contributed by atoms with Crippen LogP contribution in [0.4, 0.5) is 0 Å². The lowest BCUT2D eigenvalue weighted by Gasteiger charge is -2.17. The van der Waals surface area contributed by atoms with Gasteiger partial charge in [0.05, 0.1) is 18.7 Å². The molecule has 1 heterocycles. The van der Waals surface area contributed by atoms with Crippen molar-refractivity contribution >= 4 is 24.0 Å². The van der Waals surface area contributed by atoms with Crippen LogP contribution in [0, 0.1) is 0 Å². The molecule has 0 N–H and O–H groups in total. The minimum absolute atomic E-state index is 0.173. The first kappa shape index (κ1) is 17.3. The minimum Gasteiger partial charge on any atom is -0.489 e. The Morgan fingerprint density at radius 3 is 2.40 bits per heavy atom. The smallest absolute Gasteiger partial charge is 0.260 e. The molecule has 7 heteroatoms. The number of hydrogen-bond acceptors (Lipinski definition) is 5. The fourth-order valence-electron chi connectivity index (χ4n) is 1.44. The molecule has 1 aromatic heterocycles. The predicted octanol–water partition coefficient (Wildman–Crippen LogP) is 3.55. The highest BCUT2D eigenvalue weighted by molar-refractivity contribution is 9.10. The van der Waals surface area contributed by atoms with Crippen molar-refractivity contribution in [2.75, 3.05) is 27.6 Å². The second-order valence-corrected chi connectivity index (χ2v) is 11.9. The first-order valence-corrected chi connectivity index (χ1v) is 10.9. The number of pyridine rings is 1. The Kier molecular flexibility index (Phi) is 6.77. The van der Waals surface area contributed by atoms with E-state index < -0.39 is 8.07 Å². The molecule has 0 fully saturated rings. The SMILES string of the molecule is COc1ncc(Br)c(OCOCC[Si](C)(C)C)c1OC. The summed E-state index contributed by atoms with van der Waals surface area (Å²) in [5, 5.41) is 0. The molecule has 1 aromatic rings. The van der Waals surface area contributed by atoms with Gasteiger partial charge in [-0.3, -0.25) is 0 Å². The van der Waals surface area contributed by atoms with Gasteiger partial charge in [0.25, 0.3) is 5.88 Å². The molecule has 114 valence electrons. The third kappa shape index (κ3) is 5.30. The average Bonchev–Trinajstić information content (AvgIpc) is 2.38. The van der Waals surface area contributed by atoms with Gasteiger partial charge in [0.15, 0.2) is 12.5 Å². The lowest BCUT2D eigenvalue weighted by molar-refractivity contribution is 0.0198. The number of rotatable bonds is 8. The van der Waals surface area contributed by atoms with Gasteiger partial charge < -0.3 is 18.9 Å². The van der Waals surface area contributed by atoms with Gasteiger partial charge in [-0.2, -0.15) is 0 Å². The van der Waals surface area contributed by atoms with Gasteiger partial charge in [-0.15, -0.1) is 0 Å². The summed E-state index contributed by atoms with van der Waals surface area (Å²) in [5.41, 5.74) is 0. The Morgan fingerprint density at radius 1 is 1.15 bits per heavy atom. The largest absolute Gasteiger partial charge is 0.489 e. The van der Waals surface area contributed by atoms with E-state index in [9.17, 15) is 0 Å². The first-order valence-electron chi connectivity index (χ1n) is 6.36. The first-order chi connectivity index (χ1) is 9.39. The van der Waals surface area contributed by atoms with Gasteiger partial charge in [-0.1, -0.05) is 19.6 Å². The summed E-state index contributed by atoms with van der Waals surface area (Å²) in [6.45, 7) is 7.81. The maximum atomic E-state index is 5.62. The van der Waals surface area contributed by atoms with Gasteiger partial charge >= 0.3 is 0 Å². The molecule has 0 aliphatic rings. The number of nitrogens with zero attached hydrogens (tertiary/aromatic N) is 1. The maximum absolute atomic E-state index is 5.62. The summed E-state index contributed by atoms with van der Waals surface area (Å²) in [5.74, 6) is 1.37. The zero-order chi connectivity index (χ0) is 15.2. The molecule has 0 aliphatic heterocycles. The lowest BCUT2D eigenvalue weighted by Crippen LogP contribution is -2.22. The van der Waals surface area contributed by atoms with Crippen molar-refractivity contribution in [1.82, 2.24) is 4.98 Å². The Bertz CT molecular complexity index is 437. The monoisotopic (exact) mass is 363 g/mol. The fourth-order valence-corrected chi connectivity index (χ4v) is 2.59. The topological polar surface area (TPSA) is 49.8 Å². The molecule has 0 amide bonds. The second-order valence-electron chi connectivity index (χ2n) is 5.46. The van der Waals surface area contributed by atoms with Crippen LogP contribution in [0.2, 0.25) is 25.7 Å². The van der Waals surface area contributed by atoms with Crippen molar-refractivity contribution < 1.29 is 18.9 Å². The molecular formula is C13H22BrNO4Si. The van der Waals surface area contributed by atoms with Crippen LogP contribution >= 0.6 is 15.9 Å². The minimum atomic E-state index is -1.07. The molecule has 0 radical (unpaired) electrons. The van der Waals surface area contributed by atoms with Crippen molar-refractivity contribution in [3.05, 3.63) is 10.7 Å². The maximum Gasteiger partial charge on any atom is 0.260 e. The van der Waals surface area contributed by atoms with E-state index in [-0.39, 0.29) is 6.79 Å². The van der Waals surface area contributed by atoms with Crippen LogP contribution in [0.1, 0.15) is 0 Å². The van der Waals surface area contributed by atoms with Gasteiger partial charge in [-0.05, 0) is 22.0 Å². The van der Waals surface area contributed by atoms with Crippen LogP contribution in [-0.2, 0) is 4.74 Å². The molecule has 0 spiro atoms. The van der Waals surface area contributed by atoms with Gasteiger partial charge in [0, 0.05) is 20.9 Å². The Balaban J connectivity index is 2.59. The van der Waals surface area contributed by atoms with Gasteiger partial charge in [-0.25, -0.2) is 4.98 Å². The Morgan fingerprint density at radius 2 is 1.85 bits per heavy atom. The van der Waals surface area contributed by atoms with E-state index in [0.29, 0.717) is 28.5 Å². The molecule has 0 saturated carbocycles. The van der Waals surface area contributed by atoms with E-state index in [1.165, 1.54) is 7.11 Å². The number of methoxy groups -OCH3 is 2. The number of aromatic nitrogens is 1. The molecule has 5 nitrogen and oxygen atoms in total. The van der Waals surface area contributed by atoms with Crippen molar-refractivity contribution in [2.45, 2.75) is 25.7 Å². The van der Waals surface area contributed by atoms with Crippen molar-refractivity contribution in [3.8, 4) is 17.4 Å². The highest BCUT2D eigenvalue weighted by atomic mass is 79.9. The molecule has 0 atom stereocenters. The van der Waals surface area contributed by atoms with Crippen LogP contribution in [0.3, 0.4) is 0 Å². The second kappa shape index (κ2) is 7.85. The van der Waals surface area contributed by atoms with Crippen molar-refractivity contribution in [2.24, 2.45) is 0 Å². The van der Waals surface area contributed by atoms with Gasteiger partial charge in [0.2, 0.25) is 5.75 Å². The van der Waals surface area contributed by atoms with Crippen molar-refractivity contribution in [1.29, 1.82) is 0 Å². The standard InChI is InChI=1S/C13H22BrNO4Si/c1-16-12-11(10(14)8-15-13(12)17-2)19-9-18-6-7-20(3,4)5/h8H,6-7,9H2,1-5H3. The number of halogens is 1. The molecule has 0 bridgehead atoms. The van der Waals surface area contributed by atoms with E-state index in [4.69, 9.17) is 18.9 Å². The van der Waals surface area contributed by atoms with E-state index in [2.05, 4.69) is 40.6 Å². The molecule has 0 saturated heterocycles. The zero-order valence-corrected chi connectivity index (χ0v) is 15.2. The lowest BCUT2D eigenvalue weighted by atomic mass is 10.4. The van der Waals surface area contributed by atoms with Crippen LogP contribution in [-0.4, -0.2) is 40.7 Å². The number of hydrogen-bond donors (Lipinski definition) is 0. The molecule has 0 aliphatic carbocycles.